The Balaban J connectivity index is 2.24. The number of halogens is 3. The molecule has 0 aromatic heterocycles. The highest BCUT2D eigenvalue weighted by atomic mass is 79.9. The molecule has 0 aliphatic rings. The van der Waals surface area contributed by atoms with Gasteiger partial charge in [0.05, 0.1) is 6.04 Å². The zero-order chi connectivity index (χ0) is 13.8. The number of benzene rings is 2. The summed E-state index contributed by atoms with van der Waals surface area (Å²) in [6.07, 6.45) is 0.907. The predicted molar refractivity (Wildman–Crippen MR) is 82.2 cm³/mol. The van der Waals surface area contributed by atoms with Crippen molar-refractivity contribution in [1.29, 1.82) is 0 Å². The molecule has 100 valence electrons. The van der Waals surface area contributed by atoms with Crippen molar-refractivity contribution < 1.29 is 4.39 Å². The van der Waals surface area contributed by atoms with Crippen LogP contribution in [0.3, 0.4) is 0 Å². The molecule has 0 saturated carbocycles. The van der Waals surface area contributed by atoms with Crippen LogP contribution in [0.1, 0.15) is 24.9 Å². The van der Waals surface area contributed by atoms with E-state index in [4.69, 9.17) is 11.6 Å². The van der Waals surface area contributed by atoms with Crippen molar-refractivity contribution in [3.05, 3.63) is 63.3 Å². The largest absolute Gasteiger partial charge is 0.377 e. The number of nitrogens with one attached hydrogen (secondary N) is 1. The Labute approximate surface area is 125 Å². The molecule has 1 N–H and O–H groups in total. The molecular formula is C15H14BrClFN. The SMILES string of the molecule is CCC(Nc1ccc(F)cc1Br)c1cccc(Cl)c1. The third-order valence-electron chi connectivity index (χ3n) is 2.92. The highest BCUT2D eigenvalue weighted by Crippen LogP contribution is 2.29. The van der Waals surface area contributed by atoms with Crippen LogP contribution in [0.4, 0.5) is 10.1 Å². The second-order valence-corrected chi connectivity index (χ2v) is 5.58. The van der Waals surface area contributed by atoms with Crippen LogP contribution in [0.15, 0.2) is 46.9 Å². The topological polar surface area (TPSA) is 12.0 Å². The minimum Gasteiger partial charge on any atom is -0.377 e. The Hall–Kier alpha value is -1.06. The summed E-state index contributed by atoms with van der Waals surface area (Å²) in [6, 6.07) is 12.5. The van der Waals surface area contributed by atoms with Gasteiger partial charge in [-0.3, -0.25) is 0 Å². The van der Waals surface area contributed by atoms with E-state index in [0.29, 0.717) is 4.47 Å². The van der Waals surface area contributed by atoms with Gasteiger partial charge in [-0.2, -0.15) is 0 Å². The van der Waals surface area contributed by atoms with Crippen molar-refractivity contribution >= 4 is 33.2 Å². The monoisotopic (exact) mass is 341 g/mol. The lowest BCUT2D eigenvalue weighted by Gasteiger charge is -2.20. The summed E-state index contributed by atoms with van der Waals surface area (Å²) < 4.78 is 13.8. The Morgan fingerprint density at radius 3 is 2.68 bits per heavy atom. The second-order valence-electron chi connectivity index (χ2n) is 4.28. The van der Waals surface area contributed by atoms with Gasteiger partial charge in [0.25, 0.3) is 0 Å². The maximum absolute atomic E-state index is 13.1. The van der Waals surface area contributed by atoms with Crippen molar-refractivity contribution in [3.63, 3.8) is 0 Å². The van der Waals surface area contributed by atoms with Crippen molar-refractivity contribution in [2.24, 2.45) is 0 Å². The standard InChI is InChI=1S/C15H14BrClFN/c1-2-14(10-4-3-5-11(17)8-10)19-15-7-6-12(18)9-13(15)16/h3-9,14,19H,2H2,1H3. The Morgan fingerprint density at radius 2 is 2.05 bits per heavy atom. The first-order chi connectivity index (χ1) is 9.10. The Morgan fingerprint density at radius 1 is 1.26 bits per heavy atom. The number of anilines is 1. The van der Waals surface area contributed by atoms with Crippen LogP contribution in [0.2, 0.25) is 5.02 Å². The van der Waals surface area contributed by atoms with E-state index in [1.165, 1.54) is 12.1 Å². The summed E-state index contributed by atoms with van der Waals surface area (Å²) in [6.45, 7) is 2.09. The molecule has 1 nitrogen and oxygen atoms in total. The van der Waals surface area contributed by atoms with Crippen molar-refractivity contribution in [2.75, 3.05) is 5.32 Å². The summed E-state index contributed by atoms with van der Waals surface area (Å²) in [4.78, 5) is 0. The molecule has 1 unspecified atom stereocenters. The maximum Gasteiger partial charge on any atom is 0.124 e. The molecule has 2 aromatic rings. The minimum absolute atomic E-state index is 0.139. The van der Waals surface area contributed by atoms with Gasteiger partial charge in [0, 0.05) is 15.2 Å². The molecule has 0 aliphatic carbocycles. The molecule has 0 radical (unpaired) electrons. The molecule has 19 heavy (non-hydrogen) atoms. The van der Waals surface area contributed by atoms with Crippen LogP contribution in [0, 0.1) is 5.82 Å². The zero-order valence-corrected chi connectivity index (χ0v) is 12.8. The average molecular weight is 343 g/mol. The Bertz CT molecular complexity index is 574. The molecule has 2 aromatic carbocycles. The van der Waals surface area contributed by atoms with E-state index in [-0.39, 0.29) is 11.9 Å². The van der Waals surface area contributed by atoms with Gasteiger partial charge in [-0.05, 0) is 58.2 Å². The minimum atomic E-state index is -0.256. The van der Waals surface area contributed by atoms with E-state index >= 15 is 0 Å². The highest BCUT2D eigenvalue weighted by Gasteiger charge is 2.11. The van der Waals surface area contributed by atoms with Gasteiger partial charge in [0.15, 0.2) is 0 Å². The lowest BCUT2D eigenvalue weighted by Crippen LogP contribution is -2.10. The van der Waals surface area contributed by atoms with E-state index in [2.05, 4.69) is 28.2 Å². The first kappa shape index (κ1) is 14.4. The van der Waals surface area contributed by atoms with Crippen molar-refractivity contribution in [1.82, 2.24) is 0 Å². The third-order valence-corrected chi connectivity index (χ3v) is 3.81. The van der Waals surface area contributed by atoms with E-state index < -0.39 is 0 Å². The fraction of sp³-hybridized carbons (Fsp3) is 0.200. The lowest BCUT2D eigenvalue weighted by atomic mass is 10.0. The van der Waals surface area contributed by atoms with Gasteiger partial charge in [-0.25, -0.2) is 4.39 Å². The predicted octanol–water partition coefficient (Wildman–Crippen LogP) is 5.80. The number of rotatable bonds is 4. The van der Waals surface area contributed by atoms with Gasteiger partial charge in [0.1, 0.15) is 5.82 Å². The van der Waals surface area contributed by atoms with Crippen molar-refractivity contribution in [2.45, 2.75) is 19.4 Å². The molecule has 0 aliphatic heterocycles. The van der Waals surface area contributed by atoms with Gasteiger partial charge in [0.2, 0.25) is 0 Å². The van der Waals surface area contributed by atoms with Gasteiger partial charge < -0.3 is 5.32 Å². The molecule has 0 saturated heterocycles. The molecular weight excluding hydrogens is 329 g/mol. The van der Waals surface area contributed by atoms with Crippen LogP contribution in [0.5, 0.6) is 0 Å². The van der Waals surface area contributed by atoms with Gasteiger partial charge >= 0.3 is 0 Å². The first-order valence-corrected chi connectivity index (χ1v) is 7.24. The summed E-state index contributed by atoms with van der Waals surface area (Å²) >= 11 is 9.38. The van der Waals surface area contributed by atoms with Gasteiger partial charge in [-0.1, -0.05) is 30.7 Å². The van der Waals surface area contributed by atoms with Crippen molar-refractivity contribution in [3.8, 4) is 0 Å². The van der Waals surface area contributed by atoms with E-state index in [1.54, 1.807) is 6.07 Å². The molecule has 2 rings (SSSR count). The van der Waals surface area contributed by atoms with Gasteiger partial charge in [-0.15, -0.1) is 0 Å². The lowest BCUT2D eigenvalue weighted by molar-refractivity contribution is 0.627. The molecule has 0 spiro atoms. The number of hydrogen-bond donors (Lipinski definition) is 1. The fourth-order valence-corrected chi connectivity index (χ4v) is 2.60. The van der Waals surface area contributed by atoms with Crippen LogP contribution in [-0.4, -0.2) is 0 Å². The summed E-state index contributed by atoms with van der Waals surface area (Å²) in [7, 11) is 0. The van der Waals surface area contributed by atoms with Crippen LogP contribution < -0.4 is 5.32 Å². The molecule has 0 amide bonds. The smallest absolute Gasteiger partial charge is 0.124 e. The second kappa shape index (κ2) is 6.40. The highest BCUT2D eigenvalue weighted by molar-refractivity contribution is 9.10. The van der Waals surface area contributed by atoms with Crippen LogP contribution >= 0.6 is 27.5 Å². The summed E-state index contributed by atoms with van der Waals surface area (Å²) in [5.74, 6) is -0.256. The quantitative estimate of drug-likeness (QED) is 0.740. The maximum atomic E-state index is 13.1. The molecule has 1 atom stereocenters. The first-order valence-electron chi connectivity index (χ1n) is 6.07. The van der Waals surface area contributed by atoms with Crippen LogP contribution in [0.25, 0.3) is 0 Å². The molecule has 0 heterocycles. The van der Waals surface area contributed by atoms with E-state index in [0.717, 1.165) is 22.7 Å². The average Bonchev–Trinajstić information content (AvgIpc) is 2.38. The normalized spacial score (nSPS) is 12.2. The summed E-state index contributed by atoms with van der Waals surface area (Å²) in [5.41, 5.74) is 1.99. The number of hydrogen-bond acceptors (Lipinski definition) is 1. The molecule has 0 fully saturated rings. The van der Waals surface area contributed by atoms with Crippen LogP contribution in [-0.2, 0) is 0 Å². The molecule has 0 bridgehead atoms. The van der Waals surface area contributed by atoms with E-state index in [1.807, 2.05) is 24.3 Å². The fourth-order valence-electron chi connectivity index (χ4n) is 1.94. The van der Waals surface area contributed by atoms with E-state index in [9.17, 15) is 4.39 Å². The zero-order valence-electron chi connectivity index (χ0n) is 10.5. The summed E-state index contributed by atoms with van der Waals surface area (Å²) in [5, 5.41) is 4.11. The molecule has 4 heteroatoms. The third kappa shape index (κ3) is 3.71. The Kier molecular flexibility index (Phi) is 4.83.